The maximum atomic E-state index is 10.7. The Kier molecular flexibility index (Phi) is 1.19. The molecule has 0 aromatic carbocycles. The van der Waals surface area contributed by atoms with Crippen LogP contribution in [0.25, 0.3) is 0 Å². The van der Waals surface area contributed by atoms with Crippen LogP contribution in [0.1, 0.15) is 12.8 Å². The molecule has 2 aliphatic rings. The summed E-state index contributed by atoms with van der Waals surface area (Å²) in [6.45, 7) is 0. The summed E-state index contributed by atoms with van der Waals surface area (Å²) >= 11 is 0. The molecule has 0 aromatic heterocycles. The van der Waals surface area contributed by atoms with Crippen LogP contribution in [0.5, 0.6) is 0 Å². The lowest BCUT2D eigenvalue weighted by molar-refractivity contribution is -0.120. The lowest BCUT2D eigenvalue weighted by atomic mass is 10.0. The number of carbonyl (C=O) groups is 1. The summed E-state index contributed by atoms with van der Waals surface area (Å²) in [5.74, 6) is 0.709. The molecule has 4 atom stereocenters. The van der Waals surface area contributed by atoms with Crippen LogP contribution in [0, 0.1) is 35.0 Å². The molecule has 2 rings (SSSR count). The van der Waals surface area contributed by atoms with Crippen molar-refractivity contribution in [1.82, 2.24) is 0 Å². The minimum atomic E-state index is -0.208. The lowest BCUT2D eigenvalue weighted by Gasteiger charge is -2.01. The molecule has 2 fully saturated rings. The van der Waals surface area contributed by atoms with Crippen molar-refractivity contribution >= 4 is 5.91 Å². The fourth-order valence-electron chi connectivity index (χ4n) is 2.44. The third-order valence-electron chi connectivity index (χ3n) is 3.00. The monoisotopic (exact) mass is 150 g/mol. The van der Waals surface area contributed by atoms with Crippen molar-refractivity contribution in [3.05, 3.63) is 0 Å². The van der Waals surface area contributed by atoms with Crippen molar-refractivity contribution in [2.75, 3.05) is 0 Å². The van der Waals surface area contributed by atoms with Crippen LogP contribution in [-0.4, -0.2) is 5.91 Å². The molecule has 2 saturated carbocycles. The van der Waals surface area contributed by atoms with E-state index in [1.165, 1.54) is 0 Å². The third kappa shape index (κ3) is 0.756. The Morgan fingerprint density at radius 3 is 2.73 bits per heavy atom. The van der Waals surface area contributed by atoms with Gasteiger partial charge in [-0.3, -0.25) is 4.79 Å². The Morgan fingerprint density at radius 2 is 2.27 bits per heavy atom. The van der Waals surface area contributed by atoms with Crippen molar-refractivity contribution in [2.45, 2.75) is 12.8 Å². The molecular weight excluding hydrogens is 140 g/mol. The molecule has 3 nitrogen and oxygen atoms in total. The molecular formula is C8H10N2O. The summed E-state index contributed by atoms with van der Waals surface area (Å²) in [6, 6.07) is 2.23. The van der Waals surface area contributed by atoms with Gasteiger partial charge in [0.05, 0.1) is 12.0 Å². The van der Waals surface area contributed by atoms with Crippen LogP contribution in [-0.2, 0) is 4.79 Å². The highest BCUT2D eigenvalue weighted by Gasteiger charge is 2.60. The van der Waals surface area contributed by atoms with Crippen molar-refractivity contribution in [3.63, 3.8) is 0 Å². The lowest BCUT2D eigenvalue weighted by Crippen LogP contribution is -2.17. The predicted molar refractivity (Wildman–Crippen MR) is 38.0 cm³/mol. The first kappa shape index (κ1) is 6.66. The number of carbonyl (C=O) groups excluding carboxylic acids is 1. The molecule has 1 amide bonds. The first-order valence-electron chi connectivity index (χ1n) is 3.94. The second-order valence-electron chi connectivity index (χ2n) is 3.48. The number of fused-ring (bicyclic) bond motifs is 1. The standard InChI is InChI=1S/C8H10N2O/c9-3-4-1-2-5-6(4)7(5)8(10)11/h4-7H,1-2H2,(H2,10,11). The van der Waals surface area contributed by atoms with Crippen molar-refractivity contribution < 1.29 is 4.79 Å². The second kappa shape index (κ2) is 1.97. The molecule has 0 heterocycles. The van der Waals surface area contributed by atoms with E-state index in [1.54, 1.807) is 0 Å². The van der Waals surface area contributed by atoms with Gasteiger partial charge in [-0.2, -0.15) is 5.26 Å². The van der Waals surface area contributed by atoms with Gasteiger partial charge >= 0.3 is 0 Å². The van der Waals surface area contributed by atoms with Crippen molar-refractivity contribution in [2.24, 2.45) is 29.4 Å². The third-order valence-corrected chi connectivity index (χ3v) is 3.00. The summed E-state index contributed by atoms with van der Waals surface area (Å²) in [5, 5.41) is 8.66. The van der Waals surface area contributed by atoms with Crippen LogP contribution < -0.4 is 5.73 Å². The molecule has 0 bridgehead atoms. The smallest absolute Gasteiger partial charge is 0.221 e. The van der Waals surface area contributed by atoms with Crippen LogP contribution in [0.15, 0.2) is 0 Å². The zero-order valence-electron chi connectivity index (χ0n) is 6.16. The molecule has 58 valence electrons. The molecule has 0 spiro atoms. The molecule has 4 unspecified atom stereocenters. The van der Waals surface area contributed by atoms with Gasteiger partial charge in [-0.25, -0.2) is 0 Å². The highest BCUT2D eigenvalue weighted by Crippen LogP contribution is 2.59. The molecule has 0 aromatic rings. The molecule has 2 N–H and O–H groups in total. The second-order valence-corrected chi connectivity index (χ2v) is 3.48. The van der Waals surface area contributed by atoms with Crippen LogP contribution in [0.4, 0.5) is 0 Å². The van der Waals surface area contributed by atoms with Gasteiger partial charge in [-0.05, 0) is 24.7 Å². The molecule has 2 aliphatic carbocycles. The fourth-order valence-corrected chi connectivity index (χ4v) is 2.44. The number of primary amides is 1. The highest BCUT2D eigenvalue weighted by molar-refractivity contribution is 5.80. The van der Waals surface area contributed by atoms with Gasteiger partial charge in [0, 0.05) is 5.92 Å². The average Bonchev–Trinajstić information content (AvgIpc) is 2.55. The van der Waals surface area contributed by atoms with Crippen molar-refractivity contribution in [1.29, 1.82) is 5.26 Å². The van der Waals surface area contributed by atoms with E-state index in [9.17, 15) is 4.79 Å². The Bertz CT molecular complexity index is 243. The van der Waals surface area contributed by atoms with Crippen LogP contribution in [0.3, 0.4) is 0 Å². The quantitative estimate of drug-likeness (QED) is 0.583. The van der Waals surface area contributed by atoms with Crippen LogP contribution >= 0.6 is 0 Å². The number of hydrogen-bond donors (Lipinski definition) is 1. The Balaban J connectivity index is 2.08. The first-order valence-corrected chi connectivity index (χ1v) is 3.94. The number of hydrogen-bond acceptors (Lipinski definition) is 2. The van der Waals surface area contributed by atoms with Gasteiger partial charge in [0.2, 0.25) is 5.91 Å². The topological polar surface area (TPSA) is 66.9 Å². The molecule has 0 aliphatic heterocycles. The van der Waals surface area contributed by atoms with E-state index in [1.807, 2.05) is 0 Å². The normalized spacial score (nSPS) is 46.1. The van der Waals surface area contributed by atoms with Crippen LogP contribution in [0.2, 0.25) is 0 Å². The van der Waals surface area contributed by atoms with Gasteiger partial charge < -0.3 is 5.73 Å². The van der Waals surface area contributed by atoms with E-state index in [-0.39, 0.29) is 17.7 Å². The minimum absolute atomic E-state index is 0.0356. The molecule has 0 saturated heterocycles. The van der Waals surface area contributed by atoms with Gasteiger partial charge in [0.15, 0.2) is 0 Å². The Labute approximate surface area is 65.2 Å². The summed E-state index contributed by atoms with van der Waals surface area (Å²) < 4.78 is 0. The number of rotatable bonds is 1. The van der Waals surface area contributed by atoms with E-state index >= 15 is 0 Å². The Hall–Kier alpha value is -1.04. The maximum absolute atomic E-state index is 10.7. The fraction of sp³-hybridized carbons (Fsp3) is 0.750. The first-order chi connectivity index (χ1) is 5.25. The van der Waals surface area contributed by atoms with E-state index < -0.39 is 0 Å². The van der Waals surface area contributed by atoms with Gasteiger partial charge in [0.1, 0.15) is 0 Å². The molecule has 0 radical (unpaired) electrons. The zero-order valence-corrected chi connectivity index (χ0v) is 6.16. The Morgan fingerprint density at radius 1 is 1.55 bits per heavy atom. The van der Waals surface area contributed by atoms with E-state index in [0.29, 0.717) is 11.8 Å². The number of nitriles is 1. The van der Waals surface area contributed by atoms with Crippen molar-refractivity contribution in [3.8, 4) is 6.07 Å². The molecule has 11 heavy (non-hydrogen) atoms. The molecule has 3 heteroatoms. The highest BCUT2D eigenvalue weighted by atomic mass is 16.1. The summed E-state index contributed by atoms with van der Waals surface area (Å²) in [7, 11) is 0. The predicted octanol–water partition coefficient (Wildman–Crippen LogP) is 0.267. The minimum Gasteiger partial charge on any atom is -0.369 e. The summed E-state index contributed by atoms with van der Waals surface area (Å²) in [4.78, 5) is 10.7. The number of amides is 1. The average molecular weight is 150 g/mol. The largest absolute Gasteiger partial charge is 0.369 e. The SMILES string of the molecule is N#CC1CCC2C(C(N)=O)C12. The zero-order chi connectivity index (χ0) is 8.01. The maximum Gasteiger partial charge on any atom is 0.221 e. The van der Waals surface area contributed by atoms with E-state index in [0.717, 1.165) is 12.8 Å². The number of nitrogens with zero attached hydrogens (tertiary/aromatic N) is 1. The van der Waals surface area contributed by atoms with E-state index in [2.05, 4.69) is 6.07 Å². The summed E-state index contributed by atoms with van der Waals surface area (Å²) in [5.41, 5.74) is 5.16. The number of nitrogens with two attached hydrogens (primary N) is 1. The van der Waals surface area contributed by atoms with E-state index in [4.69, 9.17) is 11.0 Å². The van der Waals surface area contributed by atoms with Gasteiger partial charge in [0.25, 0.3) is 0 Å². The summed E-state index contributed by atoms with van der Waals surface area (Å²) in [6.07, 6.45) is 1.99. The van der Waals surface area contributed by atoms with Gasteiger partial charge in [-0.1, -0.05) is 0 Å². The van der Waals surface area contributed by atoms with Gasteiger partial charge in [-0.15, -0.1) is 0 Å².